The summed E-state index contributed by atoms with van der Waals surface area (Å²) in [4.78, 5) is 24.2. The van der Waals surface area contributed by atoms with E-state index in [4.69, 9.17) is 21.7 Å². The van der Waals surface area contributed by atoms with Crippen molar-refractivity contribution >= 4 is 40.9 Å². The molecule has 7 nitrogen and oxygen atoms in total. The fraction of sp³-hybridized carbons (Fsp3) is 0.227. The zero-order valence-electron chi connectivity index (χ0n) is 16.9. The van der Waals surface area contributed by atoms with Gasteiger partial charge in [0.25, 0.3) is 5.91 Å². The van der Waals surface area contributed by atoms with Gasteiger partial charge in [0.2, 0.25) is 5.91 Å². The average molecular weight is 428 g/mol. The number of thiocarbonyl (C=S) groups is 1. The van der Waals surface area contributed by atoms with Gasteiger partial charge in [-0.3, -0.25) is 14.9 Å². The predicted octanol–water partition coefficient (Wildman–Crippen LogP) is 2.99. The summed E-state index contributed by atoms with van der Waals surface area (Å²) in [7, 11) is 1.57. The van der Waals surface area contributed by atoms with Crippen LogP contribution in [0.25, 0.3) is 6.08 Å². The molecule has 2 rings (SSSR count). The molecular formula is C22H25N3O4S. The number of anilines is 1. The highest BCUT2D eigenvalue weighted by molar-refractivity contribution is 7.80. The first-order valence-electron chi connectivity index (χ1n) is 9.42. The normalized spacial score (nSPS) is 10.5. The van der Waals surface area contributed by atoms with Crippen LogP contribution in [0.1, 0.15) is 22.8 Å². The topological polar surface area (TPSA) is 88.7 Å². The second-order valence-electron chi connectivity index (χ2n) is 6.11. The van der Waals surface area contributed by atoms with E-state index in [9.17, 15) is 9.59 Å². The maximum atomic E-state index is 12.1. The molecule has 0 aliphatic heterocycles. The Bertz CT molecular complexity index is 898. The first-order valence-corrected chi connectivity index (χ1v) is 9.82. The minimum Gasteiger partial charge on any atom is -0.494 e. The molecule has 0 atom stereocenters. The van der Waals surface area contributed by atoms with E-state index in [0.29, 0.717) is 31.0 Å². The Morgan fingerprint density at radius 2 is 1.90 bits per heavy atom. The molecule has 0 aliphatic rings. The molecule has 0 saturated heterocycles. The molecule has 0 unspecified atom stereocenters. The molecular weight excluding hydrogens is 402 g/mol. The summed E-state index contributed by atoms with van der Waals surface area (Å²) in [6.45, 7) is 3.37. The molecule has 3 N–H and O–H groups in total. The molecule has 0 saturated carbocycles. The molecule has 0 aromatic heterocycles. The van der Waals surface area contributed by atoms with Crippen molar-refractivity contribution in [3.05, 3.63) is 65.7 Å². The van der Waals surface area contributed by atoms with E-state index in [2.05, 4.69) is 16.0 Å². The lowest BCUT2D eigenvalue weighted by Crippen LogP contribution is -2.33. The van der Waals surface area contributed by atoms with Crippen LogP contribution in [-0.4, -0.2) is 43.8 Å². The molecule has 0 spiro atoms. The van der Waals surface area contributed by atoms with E-state index in [1.807, 2.05) is 31.2 Å². The molecule has 2 aromatic carbocycles. The van der Waals surface area contributed by atoms with Crippen molar-refractivity contribution in [3.8, 4) is 5.75 Å². The minimum absolute atomic E-state index is 0.133. The van der Waals surface area contributed by atoms with E-state index >= 15 is 0 Å². The van der Waals surface area contributed by atoms with Gasteiger partial charge in [-0.15, -0.1) is 0 Å². The molecule has 0 fully saturated rings. The second kappa shape index (κ2) is 12.4. The summed E-state index contributed by atoms with van der Waals surface area (Å²) >= 11 is 5.17. The Hall–Kier alpha value is -3.23. The number of hydrogen-bond donors (Lipinski definition) is 3. The largest absolute Gasteiger partial charge is 0.494 e. The molecule has 2 amide bonds. The number of benzene rings is 2. The zero-order valence-corrected chi connectivity index (χ0v) is 17.8. The van der Waals surface area contributed by atoms with Gasteiger partial charge in [-0.2, -0.15) is 0 Å². The molecule has 0 bridgehead atoms. The third-order valence-corrected chi connectivity index (χ3v) is 4.03. The van der Waals surface area contributed by atoms with Gasteiger partial charge < -0.3 is 20.1 Å². The predicted molar refractivity (Wildman–Crippen MR) is 122 cm³/mol. The quantitative estimate of drug-likeness (QED) is 0.324. The summed E-state index contributed by atoms with van der Waals surface area (Å²) in [5.74, 6) is 0.192. The van der Waals surface area contributed by atoms with Gasteiger partial charge >= 0.3 is 0 Å². The molecule has 2 aromatic rings. The number of hydrogen-bond acceptors (Lipinski definition) is 5. The van der Waals surface area contributed by atoms with Gasteiger partial charge in [0, 0.05) is 31.0 Å². The van der Waals surface area contributed by atoms with Gasteiger partial charge in [-0.1, -0.05) is 18.2 Å². The van der Waals surface area contributed by atoms with Crippen LogP contribution in [0.5, 0.6) is 5.75 Å². The third kappa shape index (κ3) is 8.02. The van der Waals surface area contributed by atoms with Crippen LogP contribution in [-0.2, 0) is 9.53 Å². The molecule has 8 heteroatoms. The van der Waals surface area contributed by atoms with Crippen LogP contribution in [0.3, 0.4) is 0 Å². The fourth-order valence-corrected chi connectivity index (χ4v) is 2.65. The van der Waals surface area contributed by atoms with Crippen LogP contribution in [0, 0.1) is 0 Å². The minimum atomic E-state index is -0.366. The van der Waals surface area contributed by atoms with Crippen molar-refractivity contribution < 1.29 is 19.1 Å². The first kappa shape index (κ1) is 23.1. The molecule has 0 heterocycles. The Morgan fingerprint density at radius 3 is 2.60 bits per heavy atom. The lowest BCUT2D eigenvalue weighted by Gasteiger charge is -2.10. The Balaban J connectivity index is 1.86. The highest BCUT2D eigenvalue weighted by Crippen LogP contribution is 2.13. The highest BCUT2D eigenvalue weighted by atomic mass is 32.1. The fourth-order valence-electron chi connectivity index (χ4n) is 2.44. The summed E-state index contributed by atoms with van der Waals surface area (Å²) < 4.78 is 10.3. The molecule has 0 radical (unpaired) electrons. The van der Waals surface area contributed by atoms with E-state index in [1.165, 1.54) is 6.08 Å². The maximum Gasteiger partial charge on any atom is 0.251 e. The van der Waals surface area contributed by atoms with Gasteiger partial charge in [0.05, 0.1) is 13.2 Å². The van der Waals surface area contributed by atoms with Crippen LogP contribution in [0.4, 0.5) is 5.69 Å². The van der Waals surface area contributed by atoms with Crippen molar-refractivity contribution in [1.29, 1.82) is 0 Å². The van der Waals surface area contributed by atoms with Crippen molar-refractivity contribution in [2.24, 2.45) is 0 Å². The number of nitrogens with one attached hydrogen (secondary N) is 3. The summed E-state index contributed by atoms with van der Waals surface area (Å²) in [5.41, 5.74) is 1.93. The lowest BCUT2D eigenvalue weighted by molar-refractivity contribution is -0.115. The average Bonchev–Trinajstić information content (AvgIpc) is 2.73. The van der Waals surface area contributed by atoms with Crippen LogP contribution >= 0.6 is 12.2 Å². The molecule has 158 valence electrons. The molecule has 0 aliphatic carbocycles. The first-order chi connectivity index (χ1) is 14.5. The highest BCUT2D eigenvalue weighted by Gasteiger charge is 2.07. The maximum absolute atomic E-state index is 12.1. The number of carbonyl (C=O) groups excluding carboxylic acids is 2. The van der Waals surface area contributed by atoms with Crippen LogP contribution < -0.4 is 20.7 Å². The monoisotopic (exact) mass is 427 g/mol. The SMILES string of the molecule is CCOc1ccc(/C=C/C(=O)NC(=S)Nc2cccc(C(=O)NCCOC)c2)cc1. The van der Waals surface area contributed by atoms with Gasteiger partial charge in [0.15, 0.2) is 5.11 Å². The van der Waals surface area contributed by atoms with Crippen molar-refractivity contribution in [2.45, 2.75) is 6.92 Å². The van der Waals surface area contributed by atoms with Gasteiger partial charge in [-0.05, 0) is 61.1 Å². The van der Waals surface area contributed by atoms with Crippen LogP contribution in [0.2, 0.25) is 0 Å². The number of methoxy groups -OCH3 is 1. The van der Waals surface area contributed by atoms with Crippen molar-refractivity contribution in [2.75, 3.05) is 32.2 Å². The van der Waals surface area contributed by atoms with E-state index < -0.39 is 0 Å². The van der Waals surface area contributed by atoms with E-state index in [-0.39, 0.29) is 16.9 Å². The van der Waals surface area contributed by atoms with Crippen LogP contribution in [0.15, 0.2) is 54.6 Å². The summed E-state index contributed by atoms with van der Waals surface area (Å²) in [6.07, 6.45) is 3.07. The van der Waals surface area contributed by atoms with Crippen molar-refractivity contribution in [1.82, 2.24) is 10.6 Å². The lowest BCUT2D eigenvalue weighted by atomic mass is 10.2. The standard InChI is InChI=1S/C22H25N3O4S/c1-3-29-19-10-7-16(8-11-19)9-12-20(26)25-22(30)24-18-6-4-5-17(15-18)21(27)23-13-14-28-2/h4-12,15H,3,13-14H2,1-2H3,(H,23,27)(H2,24,25,26,30)/b12-9+. The smallest absolute Gasteiger partial charge is 0.251 e. The second-order valence-corrected chi connectivity index (χ2v) is 6.52. The summed E-state index contributed by atoms with van der Waals surface area (Å²) in [6, 6.07) is 14.2. The number of amides is 2. The zero-order chi connectivity index (χ0) is 21.8. The van der Waals surface area contributed by atoms with Gasteiger partial charge in [0.1, 0.15) is 5.75 Å². The number of ether oxygens (including phenoxy) is 2. The van der Waals surface area contributed by atoms with E-state index in [1.54, 1.807) is 37.5 Å². The number of carbonyl (C=O) groups is 2. The van der Waals surface area contributed by atoms with Crippen molar-refractivity contribution in [3.63, 3.8) is 0 Å². The summed E-state index contributed by atoms with van der Waals surface area (Å²) in [5, 5.41) is 8.35. The Labute approximate surface area is 181 Å². The Morgan fingerprint density at radius 1 is 1.13 bits per heavy atom. The van der Waals surface area contributed by atoms with E-state index in [0.717, 1.165) is 11.3 Å². The van der Waals surface area contributed by atoms with Gasteiger partial charge in [-0.25, -0.2) is 0 Å². The molecule has 30 heavy (non-hydrogen) atoms. The third-order valence-electron chi connectivity index (χ3n) is 3.83. The Kier molecular flexibility index (Phi) is 9.50. The number of rotatable bonds is 9.